The number of carbonyl (C=O) groups is 1. The van der Waals surface area contributed by atoms with Gasteiger partial charge in [-0.05, 0) is 57.0 Å². The highest BCUT2D eigenvalue weighted by molar-refractivity contribution is 7.89. The van der Waals surface area contributed by atoms with Crippen molar-refractivity contribution in [2.75, 3.05) is 25.5 Å². The van der Waals surface area contributed by atoms with Crippen LogP contribution in [-0.2, 0) is 14.8 Å². The van der Waals surface area contributed by atoms with E-state index in [2.05, 4.69) is 15.4 Å². The van der Waals surface area contributed by atoms with Gasteiger partial charge < -0.3 is 10.1 Å². The van der Waals surface area contributed by atoms with E-state index in [9.17, 15) is 13.2 Å². The molecule has 9 nitrogen and oxygen atoms in total. The van der Waals surface area contributed by atoms with Crippen LogP contribution in [0.2, 0.25) is 0 Å². The van der Waals surface area contributed by atoms with Gasteiger partial charge in [0.2, 0.25) is 21.1 Å². The quantitative estimate of drug-likeness (QED) is 0.405. The number of piperidine rings is 1. The molecular formula is C25H27N5O4S2. The van der Waals surface area contributed by atoms with Crippen LogP contribution in [0, 0.1) is 19.8 Å². The van der Waals surface area contributed by atoms with Gasteiger partial charge in [-0.25, -0.2) is 13.4 Å². The predicted octanol–water partition coefficient (Wildman–Crippen LogP) is 4.15. The Morgan fingerprint density at radius 1 is 1.08 bits per heavy atom. The van der Waals surface area contributed by atoms with E-state index in [1.54, 1.807) is 36.1 Å². The summed E-state index contributed by atoms with van der Waals surface area (Å²) >= 11 is 1.46. The van der Waals surface area contributed by atoms with Gasteiger partial charge in [-0.15, -0.1) is 0 Å². The summed E-state index contributed by atoms with van der Waals surface area (Å²) in [7, 11) is -1.95. The highest BCUT2D eigenvalue weighted by Gasteiger charge is 2.32. The van der Waals surface area contributed by atoms with Gasteiger partial charge in [0.25, 0.3) is 0 Å². The zero-order valence-electron chi connectivity index (χ0n) is 20.3. The highest BCUT2D eigenvalue weighted by atomic mass is 32.2. The first-order chi connectivity index (χ1) is 17.2. The molecule has 0 spiro atoms. The van der Waals surface area contributed by atoms with Crippen LogP contribution in [0.5, 0.6) is 5.75 Å². The number of nitrogens with zero attached hydrogens (tertiary/aromatic N) is 4. The van der Waals surface area contributed by atoms with E-state index in [1.165, 1.54) is 15.6 Å². The van der Waals surface area contributed by atoms with E-state index < -0.39 is 10.0 Å². The average Bonchev–Trinajstić information content (AvgIpc) is 3.46. The van der Waals surface area contributed by atoms with Crippen molar-refractivity contribution < 1.29 is 17.9 Å². The second-order valence-electron chi connectivity index (χ2n) is 8.89. The minimum Gasteiger partial charge on any atom is -0.497 e. The molecule has 1 aliphatic heterocycles. The van der Waals surface area contributed by atoms with Crippen LogP contribution in [0.25, 0.3) is 15.3 Å². The fraction of sp³-hybridized carbons (Fsp3) is 0.320. The molecular weight excluding hydrogens is 498 g/mol. The molecule has 188 valence electrons. The van der Waals surface area contributed by atoms with Gasteiger partial charge in [0.15, 0.2) is 0 Å². The average molecular weight is 526 g/mol. The van der Waals surface area contributed by atoms with Crippen molar-refractivity contribution in [3.8, 4) is 10.9 Å². The molecule has 5 rings (SSSR count). The summed E-state index contributed by atoms with van der Waals surface area (Å²) in [6, 6.07) is 14.3. The van der Waals surface area contributed by atoms with Crippen LogP contribution >= 0.6 is 11.3 Å². The number of nitrogens with one attached hydrogen (secondary N) is 1. The van der Waals surface area contributed by atoms with E-state index in [4.69, 9.17) is 4.74 Å². The summed E-state index contributed by atoms with van der Waals surface area (Å²) in [6.45, 7) is 4.37. The van der Waals surface area contributed by atoms with Gasteiger partial charge in [0, 0.05) is 25.1 Å². The summed E-state index contributed by atoms with van der Waals surface area (Å²) in [5.41, 5.74) is 2.58. The van der Waals surface area contributed by atoms with Crippen molar-refractivity contribution in [3.05, 3.63) is 59.8 Å². The maximum Gasteiger partial charge on any atom is 0.243 e. The summed E-state index contributed by atoms with van der Waals surface area (Å²) < 4.78 is 35.3. The Labute approximate surface area is 213 Å². The molecule has 1 N–H and O–H groups in total. The topological polar surface area (TPSA) is 106 Å². The fourth-order valence-corrected chi connectivity index (χ4v) is 6.72. The number of methoxy groups -OCH3 is 1. The molecule has 11 heteroatoms. The van der Waals surface area contributed by atoms with Gasteiger partial charge in [-0.2, -0.15) is 14.1 Å². The molecule has 1 saturated heterocycles. The smallest absolute Gasteiger partial charge is 0.243 e. The lowest BCUT2D eigenvalue weighted by Crippen LogP contribution is -2.41. The molecule has 0 aliphatic carbocycles. The molecule has 3 heterocycles. The number of amides is 1. The lowest BCUT2D eigenvalue weighted by atomic mass is 9.97. The van der Waals surface area contributed by atoms with Crippen molar-refractivity contribution in [1.82, 2.24) is 19.1 Å². The van der Waals surface area contributed by atoms with Gasteiger partial charge in [0.05, 0.1) is 27.9 Å². The molecule has 2 aromatic heterocycles. The lowest BCUT2D eigenvalue weighted by molar-refractivity contribution is -0.120. The van der Waals surface area contributed by atoms with Gasteiger partial charge in [-0.3, -0.25) is 4.79 Å². The molecule has 0 unspecified atom stereocenters. The number of hydrogen-bond acceptors (Lipinski definition) is 7. The number of benzene rings is 2. The van der Waals surface area contributed by atoms with E-state index in [-0.39, 0.29) is 16.7 Å². The number of thiazole rings is 1. The zero-order valence-corrected chi connectivity index (χ0v) is 21.9. The number of fused-ring (bicyclic) bond motifs is 1. The number of aromatic nitrogens is 3. The zero-order chi connectivity index (χ0) is 25.4. The van der Waals surface area contributed by atoms with Crippen molar-refractivity contribution >= 4 is 43.3 Å². The largest absolute Gasteiger partial charge is 0.497 e. The van der Waals surface area contributed by atoms with Gasteiger partial charge in [0.1, 0.15) is 11.6 Å². The lowest BCUT2D eigenvalue weighted by Gasteiger charge is -2.30. The second kappa shape index (κ2) is 9.64. The first-order valence-corrected chi connectivity index (χ1v) is 13.9. The van der Waals surface area contributed by atoms with E-state index in [1.807, 2.05) is 38.1 Å². The number of sulfonamides is 1. The van der Waals surface area contributed by atoms with Gasteiger partial charge in [-0.1, -0.05) is 29.0 Å². The molecule has 36 heavy (non-hydrogen) atoms. The maximum atomic E-state index is 13.1. The summed E-state index contributed by atoms with van der Waals surface area (Å²) in [4.78, 5) is 18.1. The Morgan fingerprint density at radius 3 is 2.50 bits per heavy atom. The van der Waals surface area contributed by atoms with Crippen molar-refractivity contribution in [2.45, 2.75) is 31.6 Å². The highest BCUT2D eigenvalue weighted by Crippen LogP contribution is 2.31. The third kappa shape index (κ3) is 4.73. The first-order valence-electron chi connectivity index (χ1n) is 11.6. The minimum absolute atomic E-state index is 0.147. The van der Waals surface area contributed by atoms with Crippen LogP contribution in [0.15, 0.2) is 53.4 Å². The number of rotatable bonds is 6. The third-order valence-electron chi connectivity index (χ3n) is 6.33. The van der Waals surface area contributed by atoms with Crippen molar-refractivity contribution in [2.24, 2.45) is 5.92 Å². The van der Waals surface area contributed by atoms with Crippen LogP contribution < -0.4 is 10.1 Å². The molecule has 2 aromatic carbocycles. The Bertz CT molecular complexity index is 1520. The third-order valence-corrected chi connectivity index (χ3v) is 9.24. The maximum absolute atomic E-state index is 13.1. The minimum atomic E-state index is -3.57. The molecule has 1 fully saturated rings. The Balaban J connectivity index is 1.28. The molecule has 1 amide bonds. The molecule has 0 bridgehead atoms. The molecule has 0 atom stereocenters. The summed E-state index contributed by atoms with van der Waals surface area (Å²) in [5, 5.41) is 8.17. The molecule has 4 aromatic rings. The standard InChI is InChI=1S/C25H27N5O4S2/c1-16-4-7-20(8-5-16)36(32,33)29-12-10-18(11-13-29)24(31)27-23-14-17(2)28-30(23)25-26-21-9-6-19(34-3)15-22(21)35-25/h4-9,14-15,18H,10-13H2,1-3H3,(H,27,31). The Morgan fingerprint density at radius 2 is 1.81 bits per heavy atom. The summed E-state index contributed by atoms with van der Waals surface area (Å²) in [6.07, 6.45) is 0.899. The van der Waals surface area contributed by atoms with Crippen LogP contribution in [0.4, 0.5) is 5.82 Å². The summed E-state index contributed by atoms with van der Waals surface area (Å²) in [5.74, 6) is 0.848. The normalized spacial score (nSPS) is 15.3. The predicted molar refractivity (Wildman–Crippen MR) is 139 cm³/mol. The monoisotopic (exact) mass is 525 g/mol. The van der Waals surface area contributed by atoms with Crippen LogP contribution in [0.1, 0.15) is 24.1 Å². The number of ether oxygens (including phenoxy) is 1. The number of carbonyl (C=O) groups excluding carboxylic acids is 1. The van der Waals surface area contributed by atoms with E-state index >= 15 is 0 Å². The van der Waals surface area contributed by atoms with Crippen molar-refractivity contribution in [3.63, 3.8) is 0 Å². The SMILES string of the molecule is COc1ccc2nc(-n3nc(C)cc3NC(=O)C3CCN(S(=O)(=O)c4ccc(C)cc4)CC3)sc2c1. The van der Waals surface area contributed by atoms with E-state index in [0.29, 0.717) is 36.9 Å². The number of anilines is 1. The second-order valence-corrected chi connectivity index (χ2v) is 11.8. The number of hydrogen-bond donors (Lipinski definition) is 1. The Kier molecular flexibility index (Phi) is 6.54. The number of aryl methyl sites for hydroxylation is 2. The fourth-order valence-electron chi connectivity index (χ4n) is 4.29. The molecule has 0 saturated carbocycles. The van der Waals surface area contributed by atoms with Crippen LogP contribution in [-0.4, -0.2) is 53.6 Å². The molecule has 0 radical (unpaired) electrons. The molecule has 1 aliphatic rings. The van der Waals surface area contributed by atoms with Crippen LogP contribution in [0.3, 0.4) is 0 Å². The van der Waals surface area contributed by atoms with Gasteiger partial charge >= 0.3 is 0 Å². The Hall–Kier alpha value is -3.28. The van der Waals surface area contributed by atoms with E-state index in [0.717, 1.165) is 27.2 Å². The van der Waals surface area contributed by atoms with Crippen molar-refractivity contribution in [1.29, 1.82) is 0 Å². The first kappa shape index (κ1) is 24.4.